The highest BCUT2D eigenvalue weighted by Gasteiger charge is 2.64. The average molecular weight is 436 g/mol. The largest absolute Gasteiger partial charge is 0.481 e. The van der Waals surface area contributed by atoms with Crippen LogP contribution in [0.5, 0.6) is 0 Å². The molecule has 0 aromatic rings. The third-order valence-corrected chi connectivity index (χ3v) is 11.4. The Morgan fingerprint density at radius 2 is 1.12 bits per heavy atom. The first-order valence-corrected chi connectivity index (χ1v) is 12.3. The topological polar surface area (TPSA) is 267 Å². The van der Waals surface area contributed by atoms with Crippen LogP contribution in [-0.2, 0) is 23.1 Å². The third kappa shape index (κ3) is 5.81. The molecule has 0 spiro atoms. The average Bonchev–Trinajstić information content (AvgIpc) is 2.21. The minimum atomic E-state index is -5.99. The highest BCUT2D eigenvalue weighted by Crippen LogP contribution is 2.76. The van der Waals surface area contributed by atoms with Crippen molar-refractivity contribution in [1.29, 1.82) is 0 Å². The maximum atomic E-state index is 11.6. The molecule has 0 rings (SSSR count). The van der Waals surface area contributed by atoms with Gasteiger partial charge in [0.25, 0.3) is 0 Å². The fourth-order valence-electron chi connectivity index (χ4n) is 1.83. The Hall–Kier alpha value is 0.0700. The van der Waals surface area contributed by atoms with Crippen molar-refractivity contribution in [3.05, 3.63) is 0 Å². The molecule has 0 aliphatic carbocycles. The maximum absolute atomic E-state index is 11.6. The molecular weight excluding hydrogens is 420 g/mol. The molecule has 0 atom stereocenters. The van der Waals surface area contributed by atoms with Crippen molar-refractivity contribution in [3.8, 4) is 0 Å². The second-order valence-corrected chi connectivity index (χ2v) is 13.1. The van der Waals surface area contributed by atoms with Gasteiger partial charge in [-0.05, 0) is 6.42 Å². The molecule has 14 nitrogen and oxygen atoms in total. The molecule has 0 radical (unpaired) electrons. The first-order chi connectivity index (χ1) is 10.3. The fraction of sp³-hybridized carbons (Fsp3) is 0.833. The first-order valence-electron chi connectivity index (χ1n) is 5.69. The zero-order valence-corrected chi connectivity index (χ0v) is 15.1. The first kappa shape index (κ1) is 24.1. The zero-order chi connectivity index (χ0) is 19.8. The lowest BCUT2D eigenvalue weighted by Gasteiger charge is -2.36. The molecule has 9 N–H and O–H groups in total. The molecule has 0 heterocycles. The van der Waals surface area contributed by atoms with Gasteiger partial charge in [-0.15, -0.1) is 0 Å². The molecule has 18 heteroatoms. The van der Waals surface area contributed by atoms with Crippen molar-refractivity contribution in [2.45, 2.75) is 29.6 Å². The summed E-state index contributed by atoms with van der Waals surface area (Å²) in [5.74, 6) is -1.76. The van der Waals surface area contributed by atoms with E-state index in [-0.39, 0.29) is 0 Å². The number of carboxylic acid groups (broad SMARTS) is 1. The van der Waals surface area contributed by atoms with Crippen molar-refractivity contribution >= 4 is 36.4 Å². The number of carboxylic acids is 1. The van der Waals surface area contributed by atoms with Crippen molar-refractivity contribution in [2.75, 3.05) is 0 Å². The molecule has 144 valence electrons. The van der Waals surface area contributed by atoms with Gasteiger partial charge in [0, 0.05) is 12.8 Å². The van der Waals surface area contributed by atoms with Gasteiger partial charge in [-0.1, -0.05) is 0 Å². The van der Waals surface area contributed by atoms with Crippen LogP contribution in [0, 0.1) is 0 Å². The smallest absolute Gasteiger partial charge is 0.343 e. The highest BCUT2D eigenvalue weighted by atomic mass is 31.2. The minimum absolute atomic E-state index is 1.24. The third-order valence-electron chi connectivity index (χ3n) is 3.11. The lowest BCUT2D eigenvalue weighted by molar-refractivity contribution is -0.137. The fourth-order valence-corrected chi connectivity index (χ4v) is 8.08. The molecule has 0 aromatic heterocycles. The summed E-state index contributed by atoms with van der Waals surface area (Å²) < 4.78 is 45.7. The molecular formula is C6H16O14P4. The number of rotatable bonds is 9. The predicted octanol–water partition coefficient (Wildman–Crippen LogP) is -1.03. The van der Waals surface area contributed by atoms with E-state index in [1.54, 1.807) is 0 Å². The molecule has 0 aromatic carbocycles. The maximum Gasteiger partial charge on any atom is 0.343 e. The van der Waals surface area contributed by atoms with E-state index in [0.717, 1.165) is 0 Å². The van der Waals surface area contributed by atoms with Crippen LogP contribution < -0.4 is 0 Å². The van der Waals surface area contributed by atoms with Gasteiger partial charge in [0.2, 0.25) is 0 Å². The molecule has 0 aliphatic heterocycles. The Kier molecular flexibility index (Phi) is 7.38. The molecule has 0 saturated heterocycles. The van der Waals surface area contributed by atoms with Crippen molar-refractivity contribution < 1.29 is 67.3 Å². The van der Waals surface area contributed by atoms with E-state index in [0.29, 0.717) is 0 Å². The normalized spacial score (nSPS) is 14.9. The Morgan fingerprint density at radius 1 is 0.792 bits per heavy atom. The van der Waals surface area contributed by atoms with E-state index in [2.05, 4.69) is 0 Å². The predicted molar refractivity (Wildman–Crippen MR) is 76.2 cm³/mol. The van der Waals surface area contributed by atoms with E-state index < -0.39 is 65.9 Å². The van der Waals surface area contributed by atoms with Gasteiger partial charge in [-0.25, -0.2) is 0 Å². The van der Waals surface area contributed by atoms with Crippen LogP contribution in [0.1, 0.15) is 19.3 Å². The molecule has 0 fully saturated rings. The number of aliphatic carboxylic acids is 1. The minimum Gasteiger partial charge on any atom is -0.481 e. The van der Waals surface area contributed by atoms with Gasteiger partial charge < -0.3 is 44.3 Å². The quantitative estimate of drug-likeness (QED) is 0.196. The van der Waals surface area contributed by atoms with Gasteiger partial charge in [0.1, 0.15) is 0 Å². The summed E-state index contributed by atoms with van der Waals surface area (Å²) in [5.41, 5.74) is 0. The number of hydrogen-bond acceptors (Lipinski definition) is 5. The Bertz CT molecular complexity index is 615. The van der Waals surface area contributed by atoms with Crippen LogP contribution >= 0.6 is 30.4 Å². The van der Waals surface area contributed by atoms with E-state index >= 15 is 0 Å². The van der Waals surface area contributed by atoms with Crippen LogP contribution in [0.25, 0.3) is 0 Å². The molecule has 24 heavy (non-hydrogen) atoms. The number of carbonyl (C=O) groups is 1. The Balaban J connectivity index is 6.46. The monoisotopic (exact) mass is 436 g/mol. The standard InChI is InChI=1S/C6H16O14P4/c7-4(8)1-2-6(23(15,16)17,24(18,19)20)3-5(21(9,10)11)22(12,13)14/h5H,1-3H2,(H,7,8)(H2,9,10,11)(H2,12,13,14)(H2,15,16,17)(H2,18,19,20). The second kappa shape index (κ2) is 7.36. The summed E-state index contributed by atoms with van der Waals surface area (Å²) in [6, 6.07) is 0. The molecule has 0 saturated carbocycles. The van der Waals surface area contributed by atoms with Gasteiger partial charge in [0.15, 0.2) is 10.3 Å². The van der Waals surface area contributed by atoms with Crippen LogP contribution in [-0.4, -0.2) is 60.5 Å². The molecule has 0 aliphatic rings. The van der Waals surface area contributed by atoms with Crippen molar-refractivity contribution in [2.24, 2.45) is 0 Å². The van der Waals surface area contributed by atoms with Crippen LogP contribution in [0.4, 0.5) is 0 Å². The van der Waals surface area contributed by atoms with E-state index in [1.807, 2.05) is 0 Å². The van der Waals surface area contributed by atoms with Crippen molar-refractivity contribution in [3.63, 3.8) is 0 Å². The summed E-state index contributed by atoms with van der Waals surface area (Å²) in [7, 11) is -23.5. The molecule has 0 unspecified atom stereocenters. The van der Waals surface area contributed by atoms with E-state index in [4.69, 9.17) is 24.7 Å². The Morgan fingerprint density at radius 3 is 1.33 bits per heavy atom. The lowest BCUT2D eigenvalue weighted by atomic mass is 10.2. The Labute approximate surface area is 134 Å². The summed E-state index contributed by atoms with van der Waals surface area (Å²) in [4.78, 5) is 79.9. The highest BCUT2D eigenvalue weighted by molar-refractivity contribution is 7.73. The van der Waals surface area contributed by atoms with Crippen LogP contribution in [0.3, 0.4) is 0 Å². The SMILES string of the molecule is O=C(O)CCC(CC(P(=O)(O)O)P(=O)(O)O)(P(=O)(O)O)P(=O)(O)O. The summed E-state index contributed by atoms with van der Waals surface area (Å²) in [5, 5.41) is 5.41. The van der Waals surface area contributed by atoms with Gasteiger partial charge in [-0.2, -0.15) is 0 Å². The lowest BCUT2D eigenvalue weighted by Crippen LogP contribution is -2.34. The second-order valence-electron chi connectivity index (χ2n) is 4.83. The van der Waals surface area contributed by atoms with Crippen LogP contribution in [0.2, 0.25) is 0 Å². The van der Waals surface area contributed by atoms with E-state index in [1.165, 1.54) is 0 Å². The molecule has 0 bridgehead atoms. The summed E-state index contributed by atoms with van der Waals surface area (Å²) >= 11 is 0. The van der Waals surface area contributed by atoms with Gasteiger partial charge >= 0.3 is 36.4 Å². The molecule has 0 amide bonds. The van der Waals surface area contributed by atoms with E-state index in [9.17, 15) is 42.6 Å². The summed E-state index contributed by atoms with van der Waals surface area (Å²) in [6.07, 6.45) is -4.72. The van der Waals surface area contributed by atoms with Crippen LogP contribution in [0.15, 0.2) is 0 Å². The summed E-state index contributed by atoms with van der Waals surface area (Å²) in [6.45, 7) is 0. The van der Waals surface area contributed by atoms with Gasteiger partial charge in [-0.3, -0.25) is 23.1 Å². The number of hydrogen-bond donors (Lipinski definition) is 9. The zero-order valence-electron chi connectivity index (χ0n) is 11.6. The van der Waals surface area contributed by atoms with Crippen molar-refractivity contribution in [1.82, 2.24) is 0 Å². The van der Waals surface area contributed by atoms with Gasteiger partial charge in [0.05, 0.1) is 0 Å².